The Balaban J connectivity index is 1.96. The van der Waals surface area contributed by atoms with Gasteiger partial charge in [0.25, 0.3) is 0 Å². The van der Waals surface area contributed by atoms with E-state index in [1.807, 2.05) is 38.1 Å². The standard InChI is InChI=1S/C10H12ClO3P/c1-7(2)10(11)14-15-12-8-5-3-4-6-9(8)13-15/h3-7,10H,1-2H3. The Morgan fingerprint density at radius 2 is 1.73 bits per heavy atom. The fraction of sp³-hybridized carbons (Fsp3) is 0.400. The lowest BCUT2D eigenvalue weighted by Gasteiger charge is -2.15. The van der Waals surface area contributed by atoms with Gasteiger partial charge < -0.3 is 9.05 Å². The van der Waals surface area contributed by atoms with Gasteiger partial charge in [-0.05, 0) is 18.1 Å². The van der Waals surface area contributed by atoms with Gasteiger partial charge in [0.05, 0.1) is 0 Å². The Morgan fingerprint density at radius 3 is 2.20 bits per heavy atom. The average molecular weight is 247 g/mol. The molecule has 3 nitrogen and oxygen atoms in total. The highest BCUT2D eigenvalue weighted by atomic mass is 35.5. The summed E-state index contributed by atoms with van der Waals surface area (Å²) in [6.45, 7) is 3.96. The van der Waals surface area contributed by atoms with E-state index < -0.39 is 8.60 Å². The molecule has 1 heterocycles. The second kappa shape index (κ2) is 4.56. The van der Waals surface area contributed by atoms with Gasteiger partial charge in [-0.15, -0.1) is 0 Å². The van der Waals surface area contributed by atoms with Gasteiger partial charge in [0.1, 0.15) is 5.56 Å². The predicted octanol–water partition coefficient (Wildman–Crippen LogP) is 3.92. The van der Waals surface area contributed by atoms with E-state index in [1.165, 1.54) is 0 Å². The molecule has 1 atom stereocenters. The number of fused-ring (bicyclic) bond motifs is 1. The summed E-state index contributed by atoms with van der Waals surface area (Å²) < 4.78 is 16.4. The number of alkyl halides is 1. The van der Waals surface area contributed by atoms with Gasteiger partial charge in [0, 0.05) is 0 Å². The minimum absolute atomic E-state index is 0.227. The van der Waals surface area contributed by atoms with Crippen LogP contribution in [0.15, 0.2) is 24.3 Å². The van der Waals surface area contributed by atoms with Crippen LogP contribution in [0.3, 0.4) is 0 Å². The van der Waals surface area contributed by atoms with Gasteiger partial charge in [0.15, 0.2) is 11.5 Å². The summed E-state index contributed by atoms with van der Waals surface area (Å²) in [7, 11) is -1.38. The summed E-state index contributed by atoms with van der Waals surface area (Å²) in [6.07, 6.45) is 0. The van der Waals surface area contributed by atoms with Crippen molar-refractivity contribution in [2.24, 2.45) is 5.92 Å². The predicted molar refractivity (Wildman–Crippen MR) is 60.2 cm³/mol. The number of hydrogen-bond donors (Lipinski definition) is 0. The van der Waals surface area contributed by atoms with Gasteiger partial charge in [-0.3, -0.25) is 4.52 Å². The molecule has 0 aromatic heterocycles. The van der Waals surface area contributed by atoms with Crippen LogP contribution in [0.2, 0.25) is 0 Å². The van der Waals surface area contributed by atoms with Crippen molar-refractivity contribution in [1.82, 2.24) is 0 Å². The number of hydrogen-bond acceptors (Lipinski definition) is 3. The highest BCUT2D eigenvalue weighted by molar-refractivity contribution is 7.43. The second-order valence-corrected chi connectivity index (χ2v) is 5.01. The number of halogens is 1. The highest BCUT2D eigenvalue weighted by Crippen LogP contribution is 2.53. The van der Waals surface area contributed by atoms with Crippen molar-refractivity contribution in [2.75, 3.05) is 0 Å². The van der Waals surface area contributed by atoms with Crippen molar-refractivity contribution in [3.63, 3.8) is 0 Å². The maximum Gasteiger partial charge on any atom is 0.464 e. The van der Waals surface area contributed by atoms with E-state index >= 15 is 0 Å². The monoisotopic (exact) mass is 246 g/mol. The summed E-state index contributed by atoms with van der Waals surface area (Å²) >= 11 is 5.97. The summed E-state index contributed by atoms with van der Waals surface area (Å²) in [6, 6.07) is 7.47. The smallest absolute Gasteiger partial charge is 0.414 e. The Labute approximate surface area is 95.3 Å². The van der Waals surface area contributed by atoms with Crippen molar-refractivity contribution in [1.29, 1.82) is 0 Å². The highest BCUT2D eigenvalue weighted by Gasteiger charge is 2.30. The first-order chi connectivity index (χ1) is 7.16. The van der Waals surface area contributed by atoms with Gasteiger partial charge in [-0.25, -0.2) is 0 Å². The zero-order chi connectivity index (χ0) is 10.8. The molecule has 82 valence electrons. The lowest BCUT2D eigenvalue weighted by atomic mass is 10.2. The maximum atomic E-state index is 5.97. The van der Waals surface area contributed by atoms with E-state index in [9.17, 15) is 0 Å². The number of rotatable bonds is 3. The summed E-state index contributed by atoms with van der Waals surface area (Å²) in [5.41, 5.74) is -0.384. The third kappa shape index (κ3) is 2.54. The summed E-state index contributed by atoms with van der Waals surface area (Å²) in [4.78, 5) is 0. The van der Waals surface area contributed by atoms with Crippen molar-refractivity contribution in [3.8, 4) is 11.5 Å². The summed E-state index contributed by atoms with van der Waals surface area (Å²) in [5, 5.41) is 0. The molecule has 1 aromatic carbocycles. The molecule has 1 unspecified atom stereocenters. The van der Waals surface area contributed by atoms with Gasteiger partial charge >= 0.3 is 8.60 Å². The van der Waals surface area contributed by atoms with E-state index in [-0.39, 0.29) is 11.5 Å². The number of para-hydroxylation sites is 2. The Morgan fingerprint density at radius 1 is 1.20 bits per heavy atom. The number of benzene rings is 1. The summed E-state index contributed by atoms with van der Waals surface area (Å²) in [5.74, 6) is 1.66. The van der Waals surface area contributed by atoms with Gasteiger partial charge in [0.2, 0.25) is 0 Å². The molecule has 5 heteroatoms. The quantitative estimate of drug-likeness (QED) is 0.598. The lowest BCUT2D eigenvalue weighted by molar-refractivity contribution is 0.211. The molecule has 0 N–H and O–H groups in total. The molecule has 1 aromatic rings. The third-order valence-electron chi connectivity index (χ3n) is 1.91. The molecule has 0 spiro atoms. The first kappa shape index (κ1) is 11.0. The van der Waals surface area contributed by atoms with Crippen molar-refractivity contribution in [2.45, 2.75) is 19.4 Å². The van der Waals surface area contributed by atoms with Crippen LogP contribution >= 0.6 is 20.2 Å². The van der Waals surface area contributed by atoms with Crippen LogP contribution in [0.25, 0.3) is 0 Å². The fourth-order valence-corrected chi connectivity index (χ4v) is 2.38. The molecule has 1 aliphatic heterocycles. The van der Waals surface area contributed by atoms with Crippen LogP contribution in [0, 0.1) is 5.92 Å². The molecule has 0 amide bonds. The zero-order valence-electron chi connectivity index (χ0n) is 8.51. The van der Waals surface area contributed by atoms with Crippen molar-refractivity contribution in [3.05, 3.63) is 24.3 Å². The molecular formula is C10H12ClO3P. The van der Waals surface area contributed by atoms with E-state index in [2.05, 4.69) is 0 Å². The first-order valence-corrected chi connectivity index (χ1v) is 6.26. The molecule has 0 radical (unpaired) electrons. The Kier molecular flexibility index (Phi) is 3.35. The van der Waals surface area contributed by atoms with E-state index in [4.69, 9.17) is 25.2 Å². The molecule has 15 heavy (non-hydrogen) atoms. The molecule has 0 saturated heterocycles. The minimum Gasteiger partial charge on any atom is -0.414 e. The minimum atomic E-state index is -1.38. The Hall–Kier alpha value is -0.500. The van der Waals surface area contributed by atoms with Crippen LogP contribution in [-0.2, 0) is 4.52 Å². The normalized spacial score (nSPS) is 17.1. The SMILES string of the molecule is CC(C)C(Cl)OP1Oc2ccccc2O1. The molecule has 0 aliphatic carbocycles. The molecule has 2 rings (SSSR count). The van der Waals surface area contributed by atoms with Crippen LogP contribution in [0.1, 0.15) is 13.8 Å². The van der Waals surface area contributed by atoms with Crippen LogP contribution in [0.4, 0.5) is 0 Å². The first-order valence-electron chi connectivity index (χ1n) is 4.73. The van der Waals surface area contributed by atoms with E-state index in [0.29, 0.717) is 0 Å². The third-order valence-corrected chi connectivity index (χ3v) is 3.71. The second-order valence-electron chi connectivity index (χ2n) is 3.55. The van der Waals surface area contributed by atoms with Crippen LogP contribution in [0.5, 0.6) is 11.5 Å². The fourth-order valence-electron chi connectivity index (χ4n) is 1.03. The molecular weight excluding hydrogens is 235 g/mol. The lowest BCUT2D eigenvalue weighted by Crippen LogP contribution is -2.11. The largest absolute Gasteiger partial charge is 0.464 e. The van der Waals surface area contributed by atoms with Crippen LogP contribution in [-0.4, -0.2) is 5.56 Å². The van der Waals surface area contributed by atoms with Gasteiger partial charge in [-0.2, -0.15) is 0 Å². The van der Waals surface area contributed by atoms with E-state index in [1.54, 1.807) is 0 Å². The van der Waals surface area contributed by atoms with E-state index in [0.717, 1.165) is 11.5 Å². The van der Waals surface area contributed by atoms with Crippen molar-refractivity contribution >= 4 is 20.2 Å². The molecule has 0 bridgehead atoms. The maximum absolute atomic E-state index is 5.97. The van der Waals surface area contributed by atoms with Crippen molar-refractivity contribution < 1.29 is 13.6 Å². The molecule has 0 saturated carbocycles. The Bertz CT molecular complexity index is 320. The average Bonchev–Trinajstić information content (AvgIpc) is 2.59. The van der Waals surface area contributed by atoms with Gasteiger partial charge in [-0.1, -0.05) is 37.6 Å². The zero-order valence-corrected chi connectivity index (χ0v) is 10.2. The topological polar surface area (TPSA) is 27.7 Å². The van der Waals surface area contributed by atoms with Crippen LogP contribution < -0.4 is 9.05 Å². The molecule has 0 fully saturated rings. The molecule has 1 aliphatic rings.